The Labute approximate surface area is 237 Å². The van der Waals surface area contributed by atoms with Crippen LogP contribution in [0.15, 0.2) is 70.3 Å². The summed E-state index contributed by atoms with van der Waals surface area (Å²) in [6.07, 6.45) is 9.21. The predicted octanol–water partition coefficient (Wildman–Crippen LogP) is 4.59. The zero-order chi connectivity index (χ0) is 27.8. The summed E-state index contributed by atoms with van der Waals surface area (Å²) in [6, 6.07) is 10.3. The van der Waals surface area contributed by atoms with Crippen molar-refractivity contribution in [1.82, 2.24) is 24.9 Å². The van der Waals surface area contributed by atoms with Crippen molar-refractivity contribution in [2.45, 2.75) is 5.92 Å². The fraction of sp³-hybridized carbons (Fsp3) is 0.200. The Kier molecular flexibility index (Phi) is 5.48. The number of fused-ring (bicyclic) bond motifs is 3. The number of nitrogens with one attached hydrogen (secondary N) is 2. The SMILES string of the molecule is C[n+]1c[nH]c(C(O)=c2nc3c(o2)c([C@@H](C[N+](C)(C)C)c2c[nH]c4cc(Br)ccc24)c2ccnc4ccnc3c42)c1. The van der Waals surface area contributed by atoms with Crippen molar-refractivity contribution in [2.75, 3.05) is 27.7 Å². The van der Waals surface area contributed by atoms with Crippen LogP contribution >= 0.6 is 15.9 Å². The van der Waals surface area contributed by atoms with Gasteiger partial charge >= 0.3 is 0 Å². The first-order chi connectivity index (χ1) is 19.2. The highest BCUT2D eigenvalue weighted by molar-refractivity contribution is 9.10. The van der Waals surface area contributed by atoms with E-state index >= 15 is 0 Å². The smallest absolute Gasteiger partial charge is 0.267 e. The zero-order valence-corrected chi connectivity index (χ0v) is 24.1. The van der Waals surface area contributed by atoms with E-state index in [0.29, 0.717) is 22.3 Å². The highest BCUT2D eigenvalue weighted by atomic mass is 79.9. The van der Waals surface area contributed by atoms with Crippen molar-refractivity contribution in [3.63, 3.8) is 0 Å². The number of aryl methyl sites for hydroxylation is 1. The Morgan fingerprint density at radius 3 is 2.67 bits per heavy atom. The Morgan fingerprint density at radius 1 is 1.07 bits per heavy atom. The molecule has 0 saturated carbocycles. The first-order valence-electron chi connectivity index (χ1n) is 13.0. The van der Waals surface area contributed by atoms with Crippen molar-refractivity contribution in [1.29, 1.82) is 0 Å². The number of aromatic nitrogens is 6. The number of nitrogens with zero attached hydrogens (tertiary/aromatic N) is 5. The average Bonchev–Trinajstić information content (AvgIpc) is 3.65. The topological polar surface area (TPSA) is 108 Å². The Morgan fingerprint density at radius 2 is 1.90 bits per heavy atom. The number of benzene rings is 2. The number of pyridine rings is 2. The van der Waals surface area contributed by atoms with E-state index in [-0.39, 0.29) is 17.2 Å². The van der Waals surface area contributed by atoms with Gasteiger partial charge in [0.25, 0.3) is 5.55 Å². The molecule has 0 aliphatic rings. The van der Waals surface area contributed by atoms with Crippen molar-refractivity contribution in [2.24, 2.45) is 7.05 Å². The molecule has 0 unspecified atom stereocenters. The van der Waals surface area contributed by atoms with E-state index in [1.165, 1.54) is 0 Å². The van der Waals surface area contributed by atoms with Crippen LogP contribution in [0.25, 0.3) is 49.6 Å². The maximum Gasteiger partial charge on any atom is 0.267 e. The third kappa shape index (κ3) is 3.94. The molecule has 0 amide bonds. The van der Waals surface area contributed by atoms with Crippen LogP contribution in [0.3, 0.4) is 0 Å². The van der Waals surface area contributed by atoms with E-state index in [2.05, 4.69) is 76.4 Å². The molecule has 1 atom stereocenters. The third-order valence-electron chi connectivity index (χ3n) is 7.38. The first kappa shape index (κ1) is 24.7. The molecule has 0 radical (unpaired) electrons. The van der Waals surface area contributed by atoms with Crippen LogP contribution in [-0.2, 0) is 7.05 Å². The monoisotopic (exact) mass is 597 g/mol. The van der Waals surface area contributed by atoms with Gasteiger partial charge in [-0.15, -0.1) is 0 Å². The number of hydrogen-bond donors (Lipinski definition) is 3. The van der Waals surface area contributed by atoms with Crippen LogP contribution in [0.2, 0.25) is 0 Å². The summed E-state index contributed by atoms with van der Waals surface area (Å²) in [5.41, 5.74) is 6.62. The minimum Gasteiger partial charge on any atom is -0.500 e. The van der Waals surface area contributed by atoms with Crippen LogP contribution in [0.1, 0.15) is 22.7 Å². The molecule has 5 heterocycles. The normalized spacial score (nSPS) is 14.1. The fourth-order valence-corrected chi connectivity index (χ4v) is 6.09. The molecule has 9 nitrogen and oxygen atoms in total. The second-order valence-electron chi connectivity index (χ2n) is 11.3. The number of aliphatic hydroxyl groups excluding tert-OH is 1. The summed E-state index contributed by atoms with van der Waals surface area (Å²) >= 11 is 3.60. The lowest BCUT2D eigenvalue weighted by Gasteiger charge is -2.30. The Hall–Kier alpha value is -4.28. The van der Waals surface area contributed by atoms with Gasteiger partial charge in [-0.3, -0.25) is 9.97 Å². The largest absolute Gasteiger partial charge is 0.500 e. The number of oxazole rings is 1. The van der Waals surface area contributed by atoms with Crippen LogP contribution < -0.4 is 10.1 Å². The molecule has 0 saturated heterocycles. The van der Waals surface area contributed by atoms with Crippen molar-refractivity contribution in [3.05, 3.63) is 88.3 Å². The fourth-order valence-electron chi connectivity index (χ4n) is 5.73. The molecule has 10 heteroatoms. The van der Waals surface area contributed by atoms with Crippen molar-refractivity contribution >= 4 is 65.5 Å². The van der Waals surface area contributed by atoms with Crippen LogP contribution in [0.5, 0.6) is 0 Å². The predicted molar refractivity (Wildman–Crippen MR) is 158 cm³/mol. The zero-order valence-electron chi connectivity index (χ0n) is 22.5. The number of hydrogen-bond acceptors (Lipinski definition) is 5. The van der Waals surface area contributed by atoms with Gasteiger partial charge in [0, 0.05) is 44.9 Å². The molecule has 2 aromatic carbocycles. The highest BCUT2D eigenvalue weighted by Crippen LogP contribution is 2.42. The van der Waals surface area contributed by atoms with Crippen LogP contribution in [0, 0.1) is 0 Å². The molecule has 7 aromatic rings. The van der Waals surface area contributed by atoms with Gasteiger partial charge in [-0.2, -0.15) is 0 Å². The van der Waals surface area contributed by atoms with Gasteiger partial charge in [-0.25, -0.2) is 14.5 Å². The molecule has 3 N–H and O–H groups in total. The maximum absolute atomic E-state index is 11.2. The third-order valence-corrected chi connectivity index (χ3v) is 7.88. The summed E-state index contributed by atoms with van der Waals surface area (Å²) in [7, 11) is 8.45. The molecule has 0 aliphatic heterocycles. The Balaban J connectivity index is 1.63. The summed E-state index contributed by atoms with van der Waals surface area (Å²) in [4.78, 5) is 20.8. The highest BCUT2D eigenvalue weighted by Gasteiger charge is 2.32. The van der Waals surface area contributed by atoms with E-state index in [1.807, 2.05) is 29.9 Å². The molecule has 0 spiro atoms. The van der Waals surface area contributed by atoms with Gasteiger partial charge in [-0.1, -0.05) is 22.0 Å². The maximum atomic E-state index is 11.2. The summed E-state index contributed by atoms with van der Waals surface area (Å²) in [5.74, 6) is -0.136. The molecule has 200 valence electrons. The van der Waals surface area contributed by atoms with E-state index in [4.69, 9.17) is 14.4 Å². The average molecular weight is 599 g/mol. The standard InChI is InChI=1S/C30H26BrN7O2/c1-37-13-23(35-15-37)28(39)30-36-27-26-25-18(7-9-32-21(25)8-10-33-26)24(29(27)40-30)20(14-38(2,3)4)19-12-34-22-11-16(31)5-6-17(19)22/h5-13,15,20,34H,14H2,1-4H3/p+2/t20-/m0/s1. The van der Waals surface area contributed by atoms with E-state index in [1.54, 1.807) is 18.7 Å². The summed E-state index contributed by atoms with van der Waals surface area (Å²) in [5, 5.41) is 14.3. The number of H-pyrrole nitrogens is 2. The lowest BCUT2D eigenvalue weighted by atomic mass is 9.85. The summed E-state index contributed by atoms with van der Waals surface area (Å²) in [6.45, 7) is 0.787. The van der Waals surface area contributed by atoms with Gasteiger partial charge in [-0.05, 0) is 35.2 Å². The van der Waals surface area contributed by atoms with Gasteiger partial charge in [0.1, 0.15) is 17.2 Å². The number of imidazole rings is 1. The number of aromatic amines is 2. The van der Waals surface area contributed by atoms with Crippen LogP contribution in [-0.4, -0.2) is 62.2 Å². The molecular formula is C30H28BrN7O2+2. The van der Waals surface area contributed by atoms with Gasteiger partial charge < -0.3 is 19.0 Å². The molecule has 40 heavy (non-hydrogen) atoms. The number of aliphatic hydroxyl groups is 1. The van der Waals surface area contributed by atoms with Gasteiger partial charge in [0.15, 0.2) is 5.58 Å². The molecule has 0 aliphatic carbocycles. The van der Waals surface area contributed by atoms with E-state index < -0.39 is 0 Å². The number of quaternary nitrogens is 1. The minimum atomic E-state index is -0.0705. The first-order valence-corrected chi connectivity index (χ1v) is 13.8. The van der Waals surface area contributed by atoms with Gasteiger partial charge in [0.05, 0.1) is 46.2 Å². The molecular weight excluding hydrogens is 570 g/mol. The second-order valence-corrected chi connectivity index (χ2v) is 12.2. The Bertz CT molecular complexity index is 2130. The second kappa shape index (κ2) is 8.87. The van der Waals surface area contributed by atoms with E-state index in [9.17, 15) is 5.11 Å². The van der Waals surface area contributed by atoms with Crippen LogP contribution in [0.4, 0.5) is 0 Å². The molecule has 0 bridgehead atoms. The lowest BCUT2D eigenvalue weighted by molar-refractivity contribution is -0.871. The molecule has 7 rings (SSSR count). The quantitative estimate of drug-likeness (QED) is 0.199. The summed E-state index contributed by atoms with van der Waals surface area (Å²) < 4.78 is 10.1. The molecule has 0 fully saturated rings. The number of rotatable bonds is 5. The van der Waals surface area contributed by atoms with E-state index in [0.717, 1.165) is 53.8 Å². The number of halogens is 1. The number of likely N-dealkylation sites (N-methyl/N-ethyl adjacent to an activating group) is 1. The van der Waals surface area contributed by atoms with Gasteiger partial charge in [0.2, 0.25) is 17.8 Å². The lowest BCUT2D eigenvalue weighted by Crippen LogP contribution is -2.38. The minimum absolute atomic E-state index is 0.0659. The molecule has 5 aromatic heterocycles. The van der Waals surface area contributed by atoms with Crippen molar-refractivity contribution < 1.29 is 18.6 Å². The van der Waals surface area contributed by atoms with Crippen molar-refractivity contribution in [3.8, 4) is 0 Å².